The summed E-state index contributed by atoms with van der Waals surface area (Å²) in [4.78, 5) is 14.2. The fourth-order valence-corrected chi connectivity index (χ4v) is 2.64. The molecule has 2 heteroatoms. The van der Waals surface area contributed by atoms with Gasteiger partial charge in [-0.25, -0.2) is 0 Å². The van der Waals surface area contributed by atoms with Crippen LogP contribution in [-0.4, -0.2) is 11.3 Å². The minimum Gasteiger partial charge on any atom is -0.356 e. The highest BCUT2D eigenvalue weighted by Gasteiger charge is 2.22. The van der Waals surface area contributed by atoms with Crippen LogP contribution in [0.15, 0.2) is 24.3 Å². The number of aldehydes is 1. The molecular formula is C14H13NO. The molecule has 0 radical (unpaired) electrons. The van der Waals surface area contributed by atoms with E-state index in [1.54, 1.807) is 0 Å². The number of carbonyl (C=O) groups is 1. The van der Waals surface area contributed by atoms with Gasteiger partial charge in [0.15, 0.2) is 6.29 Å². The zero-order valence-electron chi connectivity index (χ0n) is 9.21. The number of aryl methyl sites for hydroxylation is 2. The van der Waals surface area contributed by atoms with E-state index in [-0.39, 0.29) is 0 Å². The molecule has 0 fully saturated rings. The quantitative estimate of drug-likeness (QED) is 0.723. The van der Waals surface area contributed by atoms with Crippen LogP contribution in [0.3, 0.4) is 0 Å². The number of aromatic nitrogens is 1. The lowest BCUT2D eigenvalue weighted by molar-refractivity contribution is 0.112. The summed E-state index contributed by atoms with van der Waals surface area (Å²) in [6, 6.07) is 8.34. The van der Waals surface area contributed by atoms with Crippen molar-refractivity contribution in [2.45, 2.75) is 19.8 Å². The predicted octanol–water partition coefficient (Wildman–Crippen LogP) is 2.90. The molecule has 1 aliphatic carbocycles. The fraction of sp³-hybridized carbons (Fsp3) is 0.214. The zero-order valence-corrected chi connectivity index (χ0v) is 9.21. The minimum atomic E-state index is 0.722. The Morgan fingerprint density at radius 2 is 2.06 bits per heavy atom. The van der Waals surface area contributed by atoms with Crippen LogP contribution in [0.25, 0.3) is 11.1 Å². The Morgan fingerprint density at radius 1 is 1.25 bits per heavy atom. The number of fused-ring (bicyclic) bond motifs is 3. The molecule has 1 N–H and O–H groups in total. The maximum atomic E-state index is 11.1. The summed E-state index contributed by atoms with van der Waals surface area (Å²) in [7, 11) is 0. The molecule has 0 unspecified atom stereocenters. The molecule has 1 aliphatic rings. The SMILES string of the molecule is Cc1[nH]c(C=O)c2c1CCc1ccccc1-2. The Kier molecular flexibility index (Phi) is 1.96. The second-order valence-electron chi connectivity index (χ2n) is 4.29. The maximum absolute atomic E-state index is 11.1. The van der Waals surface area contributed by atoms with E-state index in [0.29, 0.717) is 0 Å². The minimum absolute atomic E-state index is 0.722. The van der Waals surface area contributed by atoms with Crippen molar-refractivity contribution >= 4 is 6.29 Å². The van der Waals surface area contributed by atoms with Crippen LogP contribution < -0.4 is 0 Å². The lowest BCUT2D eigenvalue weighted by Crippen LogP contribution is -2.03. The van der Waals surface area contributed by atoms with Gasteiger partial charge in [0.2, 0.25) is 0 Å². The van der Waals surface area contributed by atoms with Crippen molar-refractivity contribution in [3.8, 4) is 11.1 Å². The molecule has 0 aliphatic heterocycles. The molecule has 0 spiro atoms. The largest absolute Gasteiger partial charge is 0.356 e. The molecule has 80 valence electrons. The van der Waals surface area contributed by atoms with Crippen molar-refractivity contribution in [2.24, 2.45) is 0 Å². The van der Waals surface area contributed by atoms with E-state index in [4.69, 9.17) is 0 Å². The summed E-state index contributed by atoms with van der Waals surface area (Å²) in [6.45, 7) is 2.04. The van der Waals surface area contributed by atoms with Crippen molar-refractivity contribution in [1.82, 2.24) is 4.98 Å². The molecule has 0 saturated heterocycles. The molecule has 0 bridgehead atoms. The Morgan fingerprint density at radius 3 is 2.88 bits per heavy atom. The lowest BCUT2D eigenvalue weighted by Gasteiger charge is -2.17. The Bertz CT molecular complexity index is 566. The average Bonchev–Trinajstić information content (AvgIpc) is 2.66. The van der Waals surface area contributed by atoms with Gasteiger partial charge in [-0.2, -0.15) is 0 Å². The van der Waals surface area contributed by atoms with Crippen LogP contribution >= 0.6 is 0 Å². The van der Waals surface area contributed by atoms with Gasteiger partial charge >= 0.3 is 0 Å². The average molecular weight is 211 g/mol. The molecular weight excluding hydrogens is 198 g/mol. The number of hydrogen-bond acceptors (Lipinski definition) is 1. The molecule has 0 amide bonds. The van der Waals surface area contributed by atoms with Crippen molar-refractivity contribution in [3.63, 3.8) is 0 Å². The van der Waals surface area contributed by atoms with Gasteiger partial charge in [0, 0.05) is 11.3 Å². The standard InChI is InChI=1S/C14H13NO/c1-9-11-7-6-10-4-2-3-5-12(10)14(11)13(8-16)15-9/h2-5,8,15H,6-7H2,1H3. The summed E-state index contributed by atoms with van der Waals surface area (Å²) in [5.74, 6) is 0. The second kappa shape index (κ2) is 3.34. The third-order valence-electron chi connectivity index (χ3n) is 3.39. The summed E-state index contributed by atoms with van der Waals surface area (Å²) >= 11 is 0. The third-order valence-corrected chi connectivity index (χ3v) is 3.39. The molecule has 1 aromatic heterocycles. The monoisotopic (exact) mass is 211 g/mol. The first-order valence-corrected chi connectivity index (χ1v) is 5.56. The molecule has 0 saturated carbocycles. The molecule has 2 aromatic rings. The Hall–Kier alpha value is -1.83. The maximum Gasteiger partial charge on any atom is 0.166 e. The van der Waals surface area contributed by atoms with E-state index < -0.39 is 0 Å². The van der Waals surface area contributed by atoms with Crippen LogP contribution in [0.5, 0.6) is 0 Å². The van der Waals surface area contributed by atoms with Crippen LogP contribution in [0.2, 0.25) is 0 Å². The van der Waals surface area contributed by atoms with E-state index >= 15 is 0 Å². The lowest BCUT2D eigenvalue weighted by atomic mass is 9.86. The molecule has 3 rings (SSSR count). The first kappa shape index (κ1) is 9.40. The fourth-order valence-electron chi connectivity index (χ4n) is 2.64. The molecule has 1 heterocycles. The normalized spacial score (nSPS) is 13.1. The van der Waals surface area contributed by atoms with Gasteiger partial charge < -0.3 is 4.98 Å². The number of rotatable bonds is 1. The number of nitrogens with one attached hydrogen (secondary N) is 1. The second-order valence-corrected chi connectivity index (χ2v) is 4.29. The highest BCUT2D eigenvalue weighted by atomic mass is 16.1. The summed E-state index contributed by atoms with van der Waals surface area (Å²) in [6.07, 6.45) is 3.02. The Balaban J connectivity index is 2.34. The van der Waals surface area contributed by atoms with Gasteiger partial charge in [-0.15, -0.1) is 0 Å². The summed E-state index contributed by atoms with van der Waals surface area (Å²) in [5.41, 5.74) is 6.84. The summed E-state index contributed by atoms with van der Waals surface area (Å²) < 4.78 is 0. The Labute approximate surface area is 94.3 Å². The third kappa shape index (κ3) is 1.16. The smallest absolute Gasteiger partial charge is 0.166 e. The van der Waals surface area contributed by atoms with E-state index in [9.17, 15) is 4.79 Å². The molecule has 2 nitrogen and oxygen atoms in total. The molecule has 1 aromatic carbocycles. The number of benzene rings is 1. The van der Waals surface area contributed by atoms with Crippen molar-refractivity contribution in [1.29, 1.82) is 0 Å². The van der Waals surface area contributed by atoms with Gasteiger partial charge in [-0.1, -0.05) is 24.3 Å². The number of H-pyrrole nitrogens is 1. The number of carbonyl (C=O) groups excluding carboxylic acids is 1. The van der Waals surface area contributed by atoms with E-state index in [1.165, 1.54) is 16.7 Å². The van der Waals surface area contributed by atoms with E-state index in [1.807, 2.05) is 13.0 Å². The van der Waals surface area contributed by atoms with Gasteiger partial charge in [-0.05, 0) is 36.5 Å². The predicted molar refractivity (Wildman–Crippen MR) is 63.8 cm³/mol. The van der Waals surface area contributed by atoms with E-state index in [2.05, 4.69) is 23.2 Å². The first-order chi connectivity index (χ1) is 7.81. The van der Waals surface area contributed by atoms with Crippen LogP contribution in [0.1, 0.15) is 27.3 Å². The molecule has 0 atom stereocenters. The molecule has 16 heavy (non-hydrogen) atoms. The van der Waals surface area contributed by atoms with Gasteiger partial charge in [0.05, 0.1) is 5.69 Å². The highest BCUT2D eigenvalue weighted by Crippen LogP contribution is 2.36. The van der Waals surface area contributed by atoms with Gasteiger partial charge in [0.1, 0.15) is 0 Å². The van der Waals surface area contributed by atoms with Crippen molar-refractivity contribution < 1.29 is 4.79 Å². The van der Waals surface area contributed by atoms with Crippen molar-refractivity contribution in [2.75, 3.05) is 0 Å². The number of hydrogen-bond donors (Lipinski definition) is 1. The van der Waals surface area contributed by atoms with Crippen LogP contribution in [0, 0.1) is 6.92 Å². The van der Waals surface area contributed by atoms with Crippen LogP contribution in [0.4, 0.5) is 0 Å². The van der Waals surface area contributed by atoms with Crippen molar-refractivity contribution in [3.05, 3.63) is 46.8 Å². The first-order valence-electron chi connectivity index (χ1n) is 5.56. The van der Waals surface area contributed by atoms with Crippen LogP contribution in [-0.2, 0) is 12.8 Å². The number of aromatic amines is 1. The van der Waals surface area contributed by atoms with E-state index in [0.717, 1.165) is 36.1 Å². The zero-order chi connectivity index (χ0) is 11.1. The topological polar surface area (TPSA) is 32.9 Å². The summed E-state index contributed by atoms with van der Waals surface area (Å²) in [5, 5.41) is 0. The van der Waals surface area contributed by atoms with Gasteiger partial charge in [0.25, 0.3) is 0 Å². The highest BCUT2D eigenvalue weighted by molar-refractivity contribution is 5.90. The van der Waals surface area contributed by atoms with Gasteiger partial charge in [-0.3, -0.25) is 4.79 Å².